The summed E-state index contributed by atoms with van der Waals surface area (Å²) in [6.07, 6.45) is 3.86. The van der Waals surface area contributed by atoms with Gasteiger partial charge in [0.25, 0.3) is 0 Å². The molecule has 0 saturated heterocycles. The molecule has 6 heteroatoms. The number of pyridine rings is 1. The molecule has 19 heavy (non-hydrogen) atoms. The first kappa shape index (κ1) is 12.8. The standard InChI is InChI=1S/C13H11N3S3/c1-17-9-3-4-10-8(6-9)2-5-11(16-10)18-12-7-15-13(14)19-12/h2-7H,1H3,(H2,14,15). The van der Waals surface area contributed by atoms with Crippen molar-refractivity contribution < 1.29 is 0 Å². The molecule has 2 N–H and O–H groups in total. The van der Waals surface area contributed by atoms with E-state index in [2.05, 4.69) is 40.5 Å². The van der Waals surface area contributed by atoms with Crippen LogP contribution in [0.15, 0.2) is 50.7 Å². The fourth-order valence-electron chi connectivity index (χ4n) is 1.69. The highest BCUT2D eigenvalue weighted by atomic mass is 32.2. The largest absolute Gasteiger partial charge is 0.375 e. The number of fused-ring (bicyclic) bond motifs is 1. The van der Waals surface area contributed by atoms with Crippen LogP contribution < -0.4 is 5.73 Å². The number of thioether (sulfide) groups is 1. The van der Waals surface area contributed by atoms with Crippen LogP contribution in [0.2, 0.25) is 0 Å². The Bertz CT molecular complexity index is 724. The number of nitrogens with two attached hydrogens (primary N) is 1. The van der Waals surface area contributed by atoms with E-state index in [1.807, 2.05) is 6.07 Å². The molecule has 0 aliphatic heterocycles. The second-order valence-corrected chi connectivity index (χ2v) is 7.09. The van der Waals surface area contributed by atoms with Crippen LogP contribution in [0.25, 0.3) is 10.9 Å². The number of rotatable bonds is 3. The third-order valence-corrected chi connectivity index (χ3v) is 5.17. The second kappa shape index (κ2) is 5.40. The molecule has 0 atom stereocenters. The van der Waals surface area contributed by atoms with Crippen molar-refractivity contribution in [2.45, 2.75) is 14.1 Å². The van der Waals surface area contributed by atoms with Crippen LogP contribution in [0.5, 0.6) is 0 Å². The van der Waals surface area contributed by atoms with E-state index >= 15 is 0 Å². The summed E-state index contributed by atoms with van der Waals surface area (Å²) in [5.41, 5.74) is 6.64. The van der Waals surface area contributed by atoms with Gasteiger partial charge in [-0.3, -0.25) is 0 Å². The van der Waals surface area contributed by atoms with Crippen molar-refractivity contribution in [1.82, 2.24) is 9.97 Å². The quantitative estimate of drug-likeness (QED) is 0.737. The highest BCUT2D eigenvalue weighted by Gasteiger charge is 2.04. The van der Waals surface area contributed by atoms with Gasteiger partial charge < -0.3 is 5.73 Å². The minimum absolute atomic E-state index is 0.591. The third kappa shape index (κ3) is 2.86. The smallest absolute Gasteiger partial charge is 0.181 e. The van der Waals surface area contributed by atoms with E-state index in [1.54, 1.807) is 29.7 Å². The van der Waals surface area contributed by atoms with Crippen LogP contribution in [0.3, 0.4) is 0 Å². The lowest BCUT2D eigenvalue weighted by molar-refractivity contribution is 1.18. The SMILES string of the molecule is CSc1ccc2nc(Sc3cnc(N)s3)ccc2c1. The summed E-state index contributed by atoms with van der Waals surface area (Å²) in [5.74, 6) is 0. The number of hydrogen-bond donors (Lipinski definition) is 1. The molecule has 0 fully saturated rings. The molecule has 0 amide bonds. The minimum Gasteiger partial charge on any atom is -0.375 e. The Balaban J connectivity index is 1.93. The molecule has 0 unspecified atom stereocenters. The van der Waals surface area contributed by atoms with Gasteiger partial charge in [0.15, 0.2) is 5.13 Å². The van der Waals surface area contributed by atoms with Gasteiger partial charge in [-0.25, -0.2) is 9.97 Å². The van der Waals surface area contributed by atoms with Gasteiger partial charge in [-0.15, -0.1) is 11.8 Å². The predicted molar refractivity (Wildman–Crippen MR) is 84.2 cm³/mol. The topological polar surface area (TPSA) is 51.8 Å². The summed E-state index contributed by atoms with van der Waals surface area (Å²) in [6.45, 7) is 0. The van der Waals surface area contributed by atoms with Crippen LogP contribution in [0.4, 0.5) is 5.13 Å². The van der Waals surface area contributed by atoms with Crippen molar-refractivity contribution in [1.29, 1.82) is 0 Å². The molecule has 0 bridgehead atoms. The molecule has 2 heterocycles. The molecule has 0 radical (unpaired) electrons. The molecular formula is C13H11N3S3. The number of hydrogen-bond acceptors (Lipinski definition) is 6. The lowest BCUT2D eigenvalue weighted by atomic mass is 10.2. The summed E-state index contributed by atoms with van der Waals surface area (Å²) >= 11 is 4.81. The maximum atomic E-state index is 5.63. The van der Waals surface area contributed by atoms with E-state index < -0.39 is 0 Å². The average molecular weight is 305 g/mol. The number of nitrogen functional groups attached to an aromatic ring is 1. The highest BCUT2D eigenvalue weighted by molar-refractivity contribution is 8.01. The zero-order valence-electron chi connectivity index (χ0n) is 10.2. The Kier molecular flexibility index (Phi) is 3.63. The third-order valence-electron chi connectivity index (χ3n) is 2.58. The van der Waals surface area contributed by atoms with E-state index in [4.69, 9.17) is 5.73 Å². The van der Waals surface area contributed by atoms with Crippen molar-refractivity contribution in [2.75, 3.05) is 12.0 Å². The van der Waals surface area contributed by atoms with Gasteiger partial charge in [-0.2, -0.15) is 0 Å². The summed E-state index contributed by atoms with van der Waals surface area (Å²) in [7, 11) is 0. The van der Waals surface area contributed by atoms with Crippen molar-refractivity contribution in [3.05, 3.63) is 36.5 Å². The van der Waals surface area contributed by atoms with Gasteiger partial charge in [0.2, 0.25) is 0 Å². The lowest BCUT2D eigenvalue weighted by Crippen LogP contribution is -1.82. The van der Waals surface area contributed by atoms with Gasteiger partial charge in [0.05, 0.1) is 15.9 Å². The van der Waals surface area contributed by atoms with Crippen molar-refractivity contribution in [3.63, 3.8) is 0 Å². The minimum atomic E-state index is 0.591. The summed E-state index contributed by atoms with van der Waals surface area (Å²) < 4.78 is 1.06. The van der Waals surface area contributed by atoms with Crippen LogP contribution in [-0.4, -0.2) is 16.2 Å². The molecule has 3 rings (SSSR count). The fourth-order valence-corrected chi connectivity index (χ4v) is 3.83. The van der Waals surface area contributed by atoms with E-state index in [0.29, 0.717) is 5.13 Å². The predicted octanol–water partition coefficient (Wildman–Crippen LogP) is 4.15. The van der Waals surface area contributed by atoms with E-state index in [9.17, 15) is 0 Å². The van der Waals surface area contributed by atoms with Gasteiger partial charge in [-0.05, 0) is 30.5 Å². The van der Waals surface area contributed by atoms with Gasteiger partial charge in [0.1, 0.15) is 5.03 Å². The zero-order chi connectivity index (χ0) is 13.2. The van der Waals surface area contributed by atoms with E-state index in [0.717, 1.165) is 14.8 Å². The van der Waals surface area contributed by atoms with Crippen LogP contribution in [0, 0.1) is 0 Å². The molecule has 0 aliphatic rings. The van der Waals surface area contributed by atoms with Crippen LogP contribution in [-0.2, 0) is 0 Å². The summed E-state index contributed by atoms with van der Waals surface area (Å²) in [4.78, 5) is 9.94. The van der Waals surface area contributed by atoms with Gasteiger partial charge >= 0.3 is 0 Å². The van der Waals surface area contributed by atoms with E-state index in [-0.39, 0.29) is 0 Å². The first-order valence-corrected chi connectivity index (χ1v) is 8.44. The molecule has 0 spiro atoms. The Morgan fingerprint density at radius 1 is 1.21 bits per heavy atom. The van der Waals surface area contributed by atoms with Gasteiger partial charge in [0, 0.05) is 10.3 Å². The summed E-state index contributed by atoms with van der Waals surface area (Å²) in [5, 5.41) is 2.72. The van der Waals surface area contributed by atoms with Crippen LogP contribution >= 0.6 is 34.9 Å². The summed E-state index contributed by atoms with van der Waals surface area (Å²) in [6, 6.07) is 10.5. The fraction of sp³-hybridized carbons (Fsp3) is 0.0769. The molecule has 2 aromatic heterocycles. The second-order valence-electron chi connectivity index (χ2n) is 3.83. The molecule has 96 valence electrons. The highest BCUT2D eigenvalue weighted by Crippen LogP contribution is 2.33. The van der Waals surface area contributed by atoms with E-state index in [1.165, 1.54) is 21.6 Å². The molecule has 3 aromatic rings. The van der Waals surface area contributed by atoms with Gasteiger partial charge in [-0.1, -0.05) is 29.2 Å². The van der Waals surface area contributed by atoms with Crippen molar-refractivity contribution in [3.8, 4) is 0 Å². The monoisotopic (exact) mass is 305 g/mol. The average Bonchev–Trinajstić information content (AvgIpc) is 2.83. The van der Waals surface area contributed by atoms with Crippen molar-refractivity contribution >= 4 is 50.9 Å². The molecular weight excluding hydrogens is 294 g/mol. The molecule has 0 aliphatic carbocycles. The van der Waals surface area contributed by atoms with Crippen molar-refractivity contribution in [2.24, 2.45) is 0 Å². The number of aromatic nitrogens is 2. The maximum Gasteiger partial charge on any atom is 0.181 e. The maximum absolute atomic E-state index is 5.63. The number of nitrogens with zero attached hydrogens (tertiary/aromatic N) is 2. The lowest BCUT2D eigenvalue weighted by Gasteiger charge is -2.03. The number of anilines is 1. The Hall–Kier alpha value is -1.24. The Labute approximate surface area is 123 Å². The molecule has 1 aromatic carbocycles. The Morgan fingerprint density at radius 2 is 2.11 bits per heavy atom. The molecule has 0 saturated carbocycles. The normalized spacial score (nSPS) is 11.0. The Morgan fingerprint density at radius 3 is 2.84 bits per heavy atom. The van der Waals surface area contributed by atoms with Crippen LogP contribution in [0.1, 0.15) is 0 Å². The molecule has 3 nitrogen and oxygen atoms in total. The first-order chi connectivity index (χ1) is 9.24. The first-order valence-electron chi connectivity index (χ1n) is 5.58. The number of benzene rings is 1. The number of thiazole rings is 1. The zero-order valence-corrected chi connectivity index (χ0v) is 12.6.